The Balaban J connectivity index is 1.93. The number of nitrogens with two attached hydrogens (primary N) is 1. The smallest absolute Gasteiger partial charge is 0.271 e. The molecular formula is C13H20N4OS. The van der Waals surface area contributed by atoms with Gasteiger partial charge in [-0.25, -0.2) is 9.97 Å². The fourth-order valence-electron chi connectivity index (χ4n) is 2.44. The zero-order valence-corrected chi connectivity index (χ0v) is 12.0. The normalized spacial score (nSPS) is 17.9. The summed E-state index contributed by atoms with van der Waals surface area (Å²) in [5.74, 6) is 0.149. The molecular weight excluding hydrogens is 260 g/mol. The van der Waals surface area contributed by atoms with Crippen LogP contribution in [0.15, 0.2) is 12.4 Å². The van der Waals surface area contributed by atoms with Crippen molar-refractivity contribution in [3.05, 3.63) is 18.1 Å². The van der Waals surface area contributed by atoms with E-state index in [1.807, 2.05) is 11.8 Å². The number of amides is 1. The van der Waals surface area contributed by atoms with E-state index in [4.69, 9.17) is 5.73 Å². The van der Waals surface area contributed by atoms with Gasteiger partial charge >= 0.3 is 0 Å². The molecule has 1 aliphatic rings. The first kappa shape index (κ1) is 14.1. The zero-order valence-electron chi connectivity index (χ0n) is 11.2. The Hall–Kier alpha value is -1.30. The van der Waals surface area contributed by atoms with E-state index in [0.717, 1.165) is 0 Å². The van der Waals surface area contributed by atoms with Crippen molar-refractivity contribution in [3.8, 4) is 0 Å². The summed E-state index contributed by atoms with van der Waals surface area (Å²) in [7, 11) is 0. The molecule has 19 heavy (non-hydrogen) atoms. The maximum absolute atomic E-state index is 12.0. The largest absolute Gasteiger partial charge is 0.382 e. The molecule has 5 nitrogen and oxygen atoms in total. The minimum atomic E-state index is -0.175. The van der Waals surface area contributed by atoms with Crippen LogP contribution in [0, 0.1) is 0 Å². The van der Waals surface area contributed by atoms with Crippen molar-refractivity contribution >= 4 is 23.5 Å². The summed E-state index contributed by atoms with van der Waals surface area (Å²) in [5.41, 5.74) is 5.77. The monoisotopic (exact) mass is 280 g/mol. The van der Waals surface area contributed by atoms with Crippen LogP contribution in [0.4, 0.5) is 5.82 Å². The minimum absolute atomic E-state index is 0.175. The Morgan fingerprint density at radius 2 is 2.11 bits per heavy atom. The number of thioether (sulfide) groups is 1. The molecule has 0 spiro atoms. The standard InChI is InChI=1S/C13H20N4OS/c1-19-13(5-3-2-4-6-13)9-17-12(18)10-7-16-11(14)8-15-10/h7-8H,2-6,9H2,1H3,(H2,14,16)(H,17,18). The maximum Gasteiger partial charge on any atom is 0.271 e. The molecule has 1 amide bonds. The van der Waals surface area contributed by atoms with Gasteiger partial charge in [0.05, 0.1) is 12.4 Å². The number of nitrogen functional groups attached to an aromatic ring is 1. The number of anilines is 1. The molecule has 0 aliphatic heterocycles. The van der Waals surface area contributed by atoms with Crippen LogP contribution in [-0.2, 0) is 0 Å². The van der Waals surface area contributed by atoms with Crippen molar-refractivity contribution in [2.75, 3.05) is 18.5 Å². The first-order valence-corrected chi connectivity index (χ1v) is 7.79. The molecule has 1 aromatic heterocycles. The Kier molecular flexibility index (Phi) is 4.63. The predicted molar refractivity (Wildman–Crippen MR) is 78.1 cm³/mol. The third-order valence-electron chi connectivity index (χ3n) is 3.67. The second-order valence-corrected chi connectivity index (χ2v) is 6.23. The summed E-state index contributed by atoms with van der Waals surface area (Å²) in [4.78, 5) is 19.9. The SMILES string of the molecule is CSC1(CNC(=O)c2cnc(N)cn2)CCCCC1. The van der Waals surface area contributed by atoms with Gasteiger partial charge < -0.3 is 11.1 Å². The topological polar surface area (TPSA) is 80.9 Å². The molecule has 1 aromatic rings. The second kappa shape index (κ2) is 6.23. The minimum Gasteiger partial charge on any atom is -0.382 e. The molecule has 104 valence electrons. The van der Waals surface area contributed by atoms with Crippen LogP contribution in [0.1, 0.15) is 42.6 Å². The quantitative estimate of drug-likeness (QED) is 0.879. The van der Waals surface area contributed by atoms with Gasteiger partial charge in [-0.05, 0) is 19.1 Å². The molecule has 1 saturated carbocycles. The molecule has 0 saturated heterocycles. The molecule has 1 aliphatic carbocycles. The Labute approximate surface area is 117 Å². The van der Waals surface area contributed by atoms with E-state index in [9.17, 15) is 4.79 Å². The molecule has 0 aromatic carbocycles. The first-order chi connectivity index (χ1) is 9.15. The van der Waals surface area contributed by atoms with Crippen molar-refractivity contribution in [1.82, 2.24) is 15.3 Å². The molecule has 1 fully saturated rings. The molecule has 0 radical (unpaired) electrons. The zero-order chi connectivity index (χ0) is 13.7. The number of nitrogens with one attached hydrogen (secondary N) is 1. The van der Waals surface area contributed by atoms with Crippen LogP contribution in [0.25, 0.3) is 0 Å². The van der Waals surface area contributed by atoms with Crippen molar-refractivity contribution in [2.24, 2.45) is 0 Å². The number of rotatable bonds is 4. The summed E-state index contributed by atoms with van der Waals surface area (Å²) in [6, 6.07) is 0. The van der Waals surface area contributed by atoms with Crippen LogP contribution >= 0.6 is 11.8 Å². The highest BCUT2D eigenvalue weighted by Gasteiger charge is 2.31. The summed E-state index contributed by atoms with van der Waals surface area (Å²) in [6.07, 6.45) is 11.1. The van der Waals surface area contributed by atoms with Gasteiger partial charge in [-0.15, -0.1) is 0 Å². The summed E-state index contributed by atoms with van der Waals surface area (Å²) in [5, 5.41) is 2.98. The van der Waals surface area contributed by atoms with Gasteiger partial charge in [0.25, 0.3) is 5.91 Å². The summed E-state index contributed by atoms with van der Waals surface area (Å²) in [6.45, 7) is 0.694. The lowest BCUT2D eigenvalue weighted by atomic mass is 9.88. The van der Waals surface area contributed by atoms with Crippen LogP contribution in [0.2, 0.25) is 0 Å². The van der Waals surface area contributed by atoms with Crippen molar-refractivity contribution < 1.29 is 4.79 Å². The summed E-state index contributed by atoms with van der Waals surface area (Å²) >= 11 is 1.86. The van der Waals surface area contributed by atoms with Gasteiger partial charge in [0.1, 0.15) is 11.5 Å². The van der Waals surface area contributed by atoms with E-state index >= 15 is 0 Å². The Morgan fingerprint density at radius 3 is 2.68 bits per heavy atom. The van der Waals surface area contributed by atoms with E-state index in [1.54, 1.807) is 0 Å². The maximum atomic E-state index is 12.0. The lowest BCUT2D eigenvalue weighted by Crippen LogP contribution is -2.42. The first-order valence-electron chi connectivity index (χ1n) is 6.56. The van der Waals surface area contributed by atoms with Crippen LogP contribution in [0.3, 0.4) is 0 Å². The van der Waals surface area contributed by atoms with Crippen molar-refractivity contribution in [3.63, 3.8) is 0 Å². The van der Waals surface area contributed by atoms with Gasteiger partial charge in [-0.1, -0.05) is 19.3 Å². The highest BCUT2D eigenvalue weighted by molar-refractivity contribution is 8.00. The number of hydrogen-bond acceptors (Lipinski definition) is 5. The number of aromatic nitrogens is 2. The molecule has 3 N–H and O–H groups in total. The molecule has 0 atom stereocenters. The lowest BCUT2D eigenvalue weighted by molar-refractivity contribution is 0.0941. The average molecular weight is 280 g/mol. The van der Waals surface area contributed by atoms with Gasteiger partial charge in [-0.3, -0.25) is 4.79 Å². The van der Waals surface area contributed by atoms with E-state index < -0.39 is 0 Å². The lowest BCUT2D eigenvalue weighted by Gasteiger charge is -2.35. The highest BCUT2D eigenvalue weighted by Crippen LogP contribution is 2.37. The van der Waals surface area contributed by atoms with Crippen LogP contribution < -0.4 is 11.1 Å². The van der Waals surface area contributed by atoms with Gasteiger partial charge in [0.2, 0.25) is 0 Å². The van der Waals surface area contributed by atoms with Gasteiger partial charge in [0.15, 0.2) is 0 Å². The molecule has 6 heteroatoms. The van der Waals surface area contributed by atoms with Crippen molar-refractivity contribution in [2.45, 2.75) is 36.9 Å². The third-order valence-corrected chi connectivity index (χ3v) is 5.09. The molecule has 1 heterocycles. The van der Waals surface area contributed by atoms with Crippen LogP contribution in [-0.4, -0.2) is 33.4 Å². The van der Waals surface area contributed by atoms with E-state index in [2.05, 4.69) is 21.5 Å². The number of carbonyl (C=O) groups is 1. The van der Waals surface area contributed by atoms with E-state index in [-0.39, 0.29) is 10.7 Å². The fourth-order valence-corrected chi connectivity index (χ4v) is 3.35. The van der Waals surface area contributed by atoms with E-state index in [0.29, 0.717) is 18.1 Å². The highest BCUT2D eigenvalue weighted by atomic mass is 32.2. The number of nitrogens with zero attached hydrogens (tertiary/aromatic N) is 2. The number of hydrogen-bond donors (Lipinski definition) is 2. The Morgan fingerprint density at radius 1 is 1.37 bits per heavy atom. The fraction of sp³-hybridized carbons (Fsp3) is 0.615. The predicted octanol–water partition coefficient (Wildman–Crippen LogP) is 1.85. The third kappa shape index (κ3) is 3.59. The number of carbonyl (C=O) groups excluding carboxylic acids is 1. The van der Waals surface area contributed by atoms with Crippen LogP contribution in [0.5, 0.6) is 0 Å². The average Bonchev–Trinajstić information content (AvgIpc) is 2.46. The molecule has 2 rings (SSSR count). The molecule has 0 unspecified atom stereocenters. The van der Waals surface area contributed by atoms with Gasteiger partial charge in [-0.2, -0.15) is 11.8 Å². The van der Waals surface area contributed by atoms with E-state index in [1.165, 1.54) is 44.5 Å². The Bertz CT molecular complexity index is 429. The summed E-state index contributed by atoms with van der Waals surface area (Å²) < 4.78 is 0.190. The second-order valence-electron chi connectivity index (χ2n) is 4.96. The van der Waals surface area contributed by atoms with Crippen molar-refractivity contribution in [1.29, 1.82) is 0 Å². The molecule has 0 bridgehead atoms. The van der Waals surface area contributed by atoms with Gasteiger partial charge in [0, 0.05) is 11.3 Å².